The number of benzene rings is 7. The summed E-state index contributed by atoms with van der Waals surface area (Å²) in [6, 6.07) is 61.1. The number of fused-ring (bicyclic) bond motifs is 7. The molecule has 2 aliphatic rings. The molecule has 0 bridgehead atoms. The number of anilines is 4. The van der Waals surface area contributed by atoms with Crippen LogP contribution in [0.2, 0.25) is 0 Å². The van der Waals surface area contributed by atoms with Crippen LogP contribution in [-0.4, -0.2) is 16.2 Å². The number of ether oxygens (including phenoxy) is 1. The van der Waals surface area contributed by atoms with Gasteiger partial charge < -0.3 is 14.5 Å². The van der Waals surface area contributed by atoms with Crippen LogP contribution >= 0.6 is 0 Å². The van der Waals surface area contributed by atoms with Crippen LogP contribution in [0, 0.1) is 0 Å². The van der Waals surface area contributed by atoms with Gasteiger partial charge in [-0.25, -0.2) is 4.98 Å². The van der Waals surface area contributed by atoms with E-state index >= 15 is 0 Å². The van der Waals surface area contributed by atoms with E-state index in [0.717, 1.165) is 45.1 Å². The van der Waals surface area contributed by atoms with Crippen molar-refractivity contribution in [3.63, 3.8) is 0 Å². The van der Waals surface area contributed by atoms with E-state index in [-0.39, 0.29) is 10.8 Å². The average molecular weight is 779 g/mol. The highest BCUT2D eigenvalue weighted by Crippen LogP contribution is 2.57. The Morgan fingerprint density at radius 2 is 1.28 bits per heavy atom. The second-order valence-corrected chi connectivity index (χ2v) is 17.7. The van der Waals surface area contributed by atoms with Crippen LogP contribution in [0.3, 0.4) is 0 Å². The van der Waals surface area contributed by atoms with Gasteiger partial charge in [-0.15, -0.1) is 0 Å². The van der Waals surface area contributed by atoms with Gasteiger partial charge in [-0.1, -0.05) is 138 Å². The highest BCUT2D eigenvalue weighted by atomic mass is 16.5. The van der Waals surface area contributed by atoms with E-state index in [4.69, 9.17) is 9.72 Å². The normalized spacial score (nSPS) is 14.1. The summed E-state index contributed by atoms with van der Waals surface area (Å²) in [7, 11) is 0. The highest BCUT2D eigenvalue weighted by molar-refractivity contribution is 6.09. The molecule has 5 nitrogen and oxygen atoms in total. The topological polar surface area (TPSA) is 33.5 Å². The van der Waals surface area contributed by atoms with Gasteiger partial charge in [0.1, 0.15) is 24.0 Å². The molecule has 7 aromatic carbocycles. The molecular formula is C55H46N4O. The fourth-order valence-corrected chi connectivity index (χ4v) is 9.65. The third-order valence-electron chi connectivity index (χ3n) is 12.7. The highest BCUT2D eigenvalue weighted by Gasteiger charge is 2.40. The van der Waals surface area contributed by atoms with E-state index < -0.39 is 0 Å². The molecule has 1 aliphatic carbocycles. The van der Waals surface area contributed by atoms with Crippen molar-refractivity contribution in [1.29, 1.82) is 0 Å². The molecule has 0 amide bonds. The lowest BCUT2D eigenvalue weighted by Crippen LogP contribution is -2.25. The second kappa shape index (κ2) is 13.5. The summed E-state index contributed by atoms with van der Waals surface area (Å²) in [6.07, 6.45) is 1.92. The van der Waals surface area contributed by atoms with Gasteiger partial charge in [0.2, 0.25) is 0 Å². The fraction of sp³-hybridized carbons (Fsp3) is 0.145. The number of pyridine rings is 1. The van der Waals surface area contributed by atoms with Crippen LogP contribution in [-0.2, 0) is 10.8 Å². The van der Waals surface area contributed by atoms with Gasteiger partial charge in [0.05, 0.1) is 28.1 Å². The van der Waals surface area contributed by atoms with Crippen molar-refractivity contribution in [2.45, 2.75) is 45.4 Å². The summed E-state index contributed by atoms with van der Waals surface area (Å²) in [5.74, 6) is 2.45. The first-order chi connectivity index (χ1) is 29.1. The predicted octanol–water partition coefficient (Wildman–Crippen LogP) is 14.5. The van der Waals surface area contributed by atoms with Crippen LogP contribution < -0.4 is 14.5 Å². The molecule has 0 saturated carbocycles. The van der Waals surface area contributed by atoms with E-state index in [0.29, 0.717) is 6.67 Å². The van der Waals surface area contributed by atoms with Crippen molar-refractivity contribution in [3.8, 4) is 39.6 Å². The van der Waals surface area contributed by atoms with Crippen LogP contribution in [0.4, 0.5) is 22.7 Å². The van der Waals surface area contributed by atoms with E-state index in [9.17, 15) is 0 Å². The van der Waals surface area contributed by atoms with Crippen molar-refractivity contribution in [2.75, 3.05) is 16.5 Å². The molecule has 5 heteroatoms. The first-order valence-corrected chi connectivity index (χ1v) is 20.9. The smallest absolute Gasteiger partial charge is 0.137 e. The maximum Gasteiger partial charge on any atom is 0.137 e. The minimum Gasteiger partial charge on any atom is -0.457 e. The van der Waals surface area contributed by atoms with Crippen molar-refractivity contribution in [3.05, 3.63) is 193 Å². The molecule has 0 spiro atoms. The number of aromatic nitrogens is 2. The van der Waals surface area contributed by atoms with Gasteiger partial charge in [-0.2, -0.15) is 0 Å². The molecule has 60 heavy (non-hydrogen) atoms. The zero-order valence-electron chi connectivity index (χ0n) is 34.6. The lowest BCUT2D eigenvalue weighted by molar-refractivity contribution is 0.483. The van der Waals surface area contributed by atoms with Gasteiger partial charge >= 0.3 is 0 Å². The van der Waals surface area contributed by atoms with Gasteiger partial charge in [-0.05, 0) is 87.8 Å². The maximum atomic E-state index is 6.78. The molecule has 0 fully saturated rings. The monoisotopic (exact) mass is 778 g/mol. The van der Waals surface area contributed by atoms with Crippen molar-refractivity contribution >= 4 is 44.6 Å². The Hall–Kier alpha value is -7.11. The molecule has 0 radical (unpaired) electrons. The molecule has 0 saturated heterocycles. The number of hydrogen-bond acceptors (Lipinski definition) is 4. The minimum atomic E-state index is -0.120. The van der Waals surface area contributed by atoms with Crippen molar-refractivity contribution < 1.29 is 4.74 Å². The number of para-hydroxylation sites is 3. The Labute approximate surface area is 351 Å². The number of hydrogen-bond donors (Lipinski definition) is 0. The Balaban J connectivity index is 0.994. The lowest BCUT2D eigenvalue weighted by Gasteiger charge is -2.28. The zero-order chi connectivity index (χ0) is 40.8. The fourth-order valence-electron chi connectivity index (χ4n) is 9.65. The molecule has 2 aromatic heterocycles. The van der Waals surface area contributed by atoms with Gasteiger partial charge in [0.25, 0.3) is 0 Å². The van der Waals surface area contributed by atoms with E-state index in [1.807, 2.05) is 12.3 Å². The summed E-state index contributed by atoms with van der Waals surface area (Å²) >= 11 is 0. The summed E-state index contributed by atoms with van der Waals surface area (Å²) in [4.78, 5) is 9.82. The molecule has 0 N–H and O–H groups in total. The molecule has 1 aliphatic heterocycles. The molecule has 0 atom stereocenters. The molecule has 11 rings (SSSR count). The molecule has 292 valence electrons. The van der Waals surface area contributed by atoms with E-state index in [1.54, 1.807) is 0 Å². The van der Waals surface area contributed by atoms with Gasteiger partial charge in [0.15, 0.2) is 0 Å². The number of nitrogens with zero attached hydrogens (tertiary/aromatic N) is 4. The van der Waals surface area contributed by atoms with E-state index in [2.05, 4.69) is 213 Å². The summed E-state index contributed by atoms with van der Waals surface area (Å²) in [6.45, 7) is 12.1. The van der Waals surface area contributed by atoms with Gasteiger partial charge in [-0.3, -0.25) is 4.57 Å². The van der Waals surface area contributed by atoms with Crippen molar-refractivity contribution in [2.24, 2.45) is 0 Å². The van der Waals surface area contributed by atoms with Crippen LogP contribution in [0.5, 0.6) is 11.5 Å². The van der Waals surface area contributed by atoms with Gasteiger partial charge in [0, 0.05) is 51.3 Å². The van der Waals surface area contributed by atoms with Crippen molar-refractivity contribution in [1.82, 2.24) is 9.55 Å². The Kier molecular flexibility index (Phi) is 8.08. The predicted molar refractivity (Wildman–Crippen MR) is 249 cm³/mol. The quantitative estimate of drug-likeness (QED) is 0.168. The molecule has 9 aromatic rings. The van der Waals surface area contributed by atoms with E-state index in [1.165, 1.54) is 55.7 Å². The summed E-state index contributed by atoms with van der Waals surface area (Å²) < 4.78 is 9.04. The molecule has 0 unspecified atom stereocenters. The summed E-state index contributed by atoms with van der Waals surface area (Å²) in [5.41, 5.74) is 15.7. The maximum absolute atomic E-state index is 6.78. The summed E-state index contributed by atoms with van der Waals surface area (Å²) in [5, 5.41) is 2.35. The standard InChI is InChI=1S/C55H46N4O/c1-54(2,3)37-30-31-56-51(32-37)59-47-23-12-10-20-42(47)43-27-26-40(34-50(43)59)60-39-19-15-18-38(33-39)57-35-58(49-25-14-13-24-48(49)57)53-41(36-16-7-6-8-17-36)28-29-46-52(53)44-21-9-11-22-45(44)55(46,4)5/h6-34H,35H2,1-5H3. The first-order valence-electron chi connectivity index (χ1n) is 20.9. The third-order valence-corrected chi connectivity index (χ3v) is 12.7. The Bertz CT molecular complexity index is 3130. The zero-order valence-corrected chi connectivity index (χ0v) is 34.6. The Morgan fingerprint density at radius 3 is 2.12 bits per heavy atom. The van der Waals surface area contributed by atoms with Crippen LogP contribution in [0.1, 0.15) is 51.3 Å². The van der Waals surface area contributed by atoms with Crippen LogP contribution in [0.25, 0.3) is 49.9 Å². The number of rotatable bonds is 6. The van der Waals surface area contributed by atoms with Crippen LogP contribution in [0.15, 0.2) is 176 Å². The third kappa shape index (κ3) is 5.64. The SMILES string of the molecule is CC(C)(C)c1ccnc(-n2c3ccccc3c3ccc(Oc4cccc(N5CN(c6c(-c7ccccc7)ccc7c6-c6ccccc6C7(C)C)c6ccccc65)c4)cc32)c1. The Morgan fingerprint density at radius 1 is 0.567 bits per heavy atom. The molecule has 3 heterocycles. The minimum absolute atomic E-state index is 0.00370. The average Bonchev–Trinajstić information content (AvgIpc) is 3.89. The second-order valence-electron chi connectivity index (χ2n) is 17.7. The molecular weight excluding hydrogens is 733 g/mol. The lowest BCUT2D eigenvalue weighted by atomic mass is 9.82. The largest absolute Gasteiger partial charge is 0.457 e. The first kappa shape index (κ1) is 36.0.